The van der Waals surface area contributed by atoms with E-state index in [0.717, 1.165) is 34.1 Å². The Bertz CT molecular complexity index is 1260. The first kappa shape index (κ1) is 24.2. The summed E-state index contributed by atoms with van der Waals surface area (Å²) in [4.78, 5) is 2.27. The van der Waals surface area contributed by atoms with Crippen molar-refractivity contribution in [2.45, 2.75) is 27.7 Å². The second kappa shape index (κ2) is 10.1. The fourth-order valence-electron chi connectivity index (χ4n) is 4.88. The Morgan fingerprint density at radius 3 is 1.29 bits per heavy atom. The summed E-state index contributed by atoms with van der Waals surface area (Å²) in [6.07, 6.45) is 1.91. The first-order valence-electron chi connectivity index (χ1n) is 11.8. The van der Waals surface area contributed by atoms with Gasteiger partial charge in [0, 0.05) is 17.1 Å². The van der Waals surface area contributed by atoms with Crippen molar-refractivity contribution in [2.75, 3.05) is 19.1 Å². The quantitative estimate of drug-likeness (QED) is 0.273. The van der Waals surface area contributed by atoms with Crippen LogP contribution >= 0.6 is 0 Å². The van der Waals surface area contributed by atoms with Gasteiger partial charge in [0.1, 0.15) is 11.5 Å². The summed E-state index contributed by atoms with van der Waals surface area (Å²) < 4.78 is 10.8. The number of benzene rings is 4. The van der Waals surface area contributed by atoms with Gasteiger partial charge in [0.2, 0.25) is 0 Å². The van der Waals surface area contributed by atoms with Gasteiger partial charge in [-0.25, -0.2) is 0 Å². The summed E-state index contributed by atoms with van der Waals surface area (Å²) >= 11 is 0. The number of methoxy groups -OCH3 is 2. The molecule has 0 aliphatic rings. The minimum Gasteiger partial charge on any atom is -0.497 e. The largest absolute Gasteiger partial charge is 0.497 e. The summed E-state index contributed by atoms with van der Waals surface area (Å²) in [5.74, 6) is 1.67. The van der Waals surface area contributed by atoms with E-state index in [9.17, 15) is 0 Å². The van der Waals surface area contributed by atoms with Crippen LogP contribution in [0.3, 0.4) is 0 Å². The lowest BCUT2D eigenvalue weighted by atomic mass is 9.88. The lowest BCUT2D eigenvalue weighted by molar-refractivity contribution is 0.415. The van der Waals surface area contributed by atoms with Crippen molar-refractivity contribution in [1.82, 2.24) is 0 Å². The molecule has 0 N–H and O–H groups in total. The highest BCUT2D eigenvalue weighted by Crippen LogP contribution is 2.41. The van der Waals surface area contributed by atoms with E-state index in [1.165, 1.54) is 33.4 Å². The van der Waals surface area contributed by atoms with Crippen LogP contribution in [-0.4, -0.2) is 14.2 Å². The maximum Gasteiger partial charge on any atom is 0.119 e. The molecule has 3 heteroatoms. The highest BCUT2D eigenvalue weighted by molar-refractivity contribution is 5.84. The lowest BCUT2D eigenvalue weighted by Crippen LogP contribution is -2.11. The van der Waals surface area contributed by atoms with Gasteiger partial charge < -0.3 is 14.4 Å². The van der Waals surface area contributed by atoms with Gasteiger partial charge in [-0.3, -0.25) is 0 Å². The first-order chi connectivity index (χ1) is 16.9. The van der Waals surface area contributed by atoms with Crippen LogP contribution in [0.25, 0.3) is 17.2 Å². The number of aryl methyl sites for hydroxylation is 4. The molecule has 0 bridgehead atoms. The van der Waals surface area contributed by atoms with E-state index in [1.54, 1.807) is 14.2 Å². The molecule has 0 fully saturated rings. The smallest absolute Gasteiger partial charge is 0.119 e. The number of nitrogens with zero attached hydrogens (tertiary/aromatic N) is 1. The molecule has 4 aromatic carbocycles. The number of rotatable bonds is 7. The van der Waals surface area contributed by atoms with Crippen LogP contribution in [0.15, 0.2) is 79.4 Å². The summed E-state index contributed by atoms with van der Waals surface area (Å²) in [6.45, 7) is 12.7. The molecule has 0 unspecified atom stereocenters. The molecule has 0 aliphatic heterocycles. The molecule has 0 aromatic heterocycles. The molecule has 0 atom stereocenters. The molecule has 0 amide bonds. The van der Waals surface area contributed by atoms with E-state index in [1.807, 2.05) is 30.3 Å². The molecule has 0 radical (unpaired) electrons. The monoisotopic (exact) mass is 463 g/mol. The second-order valence-corrected chi connectivity index (χ2v) is 8.92. The number of hydrogen-bond acceptors (Lipinski definition) is 3. The fourth-order valence-corrected chi connectivity index (χ4v) is 4.88. The molecule has 4 rings (SSSR count). The van der Waals surface area contributed by atoms with Crippen LogP contribution in [0.1, 0.15) is 27.8 Å². The van der Waals surface area contributed by atoms with Gasteiger partial charge in [-0.05, 0) is 127 Å². The predicted molar refractivity (Wildman–Crippen MR) is 149 cm³/mol. The Kier molecular flexibility index (Phi) is 6.97. The summed E-state index contributed by atoms with van der Waals surface area (Å²) in [5, 5.41) is 0. The Morgan fingerprint density at radius 2 is 0.943 bits per heavy atom. The Hall–Kier alpha value is -3.98. The van der Waals surface area contributed by atoms with E-state index in [4.69, 9.17) is 9.47 Å². The van der Waals surface area contributed by atoms with E-state index in [2.05, 4.69) is 87.7 Å². The number of ether oxygens (including phenoxy) is 2. The molecule has 178 valence electrons. The van der Waals surface area contributed by atoms with E-state index in [0.29, 0.717) is 0 Å². The van der Waals surface area contributed by atoms with Crippen molar-refractivity contribution in [2.24, 2.45) is 0 Å². The van der Waals surface area contributed by atoms with Crippen molar-refractivity contribution in [1.29, 1.82) is 0 Å². The van der Waals surface area contributed by atoms with Gasteiger partial charge in [-0.1, -0.05) is 24.8 Å². The van der Waals surface area contributed by atoms with Crippen LogP contribution in [0.5, 0.6) is 11.5 Å². The highest BCUT2D eigenvalue weighted by Gasteiger charge is 2.18. The molecule has 0 spiro atoms. The zero-order valence-electron chi connectivity index (χ0n) is 21.5. The van der Waals surface area contributed by atoms with Crippen molar-refractivity contribution in [3.05, 3.63) is 107 Å². The standard InChI is InChI=1S/C32H33NO2/c1-8-25-17-21(2)31(22(3)18-25)32-23(4)19-28(20-24(32)5)33(26-9-13-29(34-6)14-10-26)27-11-15-30(35-7)16-12-27/h8-20H,1H2,2-7H3. The van der Waals surface area contributed by atoms with Crippen LogP contribution in [0, 0.1) is 27.7 Å². The van der Waals surface area contributed by atoms with Crippen molar-refractivity contribution in [3.63, 3.8) is 0 Å². The maximum atomic E-state index is 5.39. The van der Waals surface area contributed by atoms with E-state index < -0.39 is 0 Å². The first-order valence-corrected chi connectivity index (χ1v) is 11.8. The maximum absolute atomic E-state index is 5.39. The third-order valence-electron chi connectivity index (χ3n) is 6.48. The fraction of sp³-hybridized carbons (Fsp3) is 0.188. The number of hydrogen-bond donors (Lipinski definition) is 0. The predicted octanol–water partition coefficient (Wildman–Crippen LogP) is 8.72. The Morgan fingerprint density at radius 1 is 0.571 bits per heavy atom. The number of anilines is 3. The van der Waals surface area contributed by atoms with Crippen LogP contribution in [-0.2, 0) is 0 Å². The van der Waals surface area contributed by atoms with Gasteiger partial charge in [0.05, 0.1) is 14.2 Å². The molecular formula is C32H33NO2. The molecule has 0 aliphatic carbocycles. The zero-order valence-corrected chi connectivity index (χ0v) is 21.5. The summed E-state index contributed by atoms with van der Waals surface area (Å²) in [6, 6.07) is 25.3. The molecule has 0 saturated heterocycles. The van der Waals surface area contributed by atoms with Gasteiger partial charge in [-0.15, -0.1) is 0 Å². The molecule has 0 saturated carbocycles. The summed E-state index contributed by atoms with van der Waals surface area (Å²) in [7, 11) is 3.38. The van der Waals surface area contributed by atoms with Gasteiger partial charge in [0.25, 0.3) is 0 Å². The van der Waals surface area contributed by atoms with Crippen LogP contribution < -0.4 is 14.4 Å². The minimum atomic E-state index is 0.833. The minimum absolute atomic E-state index is 0.833. The van der Waals surface area contributed by atoms with Gasteiger partial charge >= 0.3 is 0 Å². The molecule has 35 heavy (non-hydrogen) atoms. The Labute approximate surface area is 209 Å². The van der Waals surface area contributed by atoms with Crippen LogP contribution in [0.2, 0.25) is 0 Å². The van der Waals surface area contributed by atoms with Gasteiger partial charge in [-0.2, -0.15) is 0 Å². The van der Waals surface area contributed by atoms with E-state index in [-0.39, 0.29) is 0 Å². The topological polar surface area (TPSA) is 21.7 Å². The molecule has 4 aromatic rings. The zero-order chi connectivity index (χ0) is 25.1. The normalized spacial score (nSPS) is 10.7. The van der Waals surface area contributed by atoms with Crippen molar-refractivity contribution >= 4 is 23.1 Å². The van der Waals surface area contributed by atoms with Crippen LogP contribution in [0.4, 0.5) is 17.1 Å². The lowest BCUT2D eigenvalue weighted by Gasteiger charge is -2.28. The third-order valence-corrected chi connectivity index (χ3v) is 6.48. The van der Waals surface area contributed by atoms with E-state index >= 15 is 0 Å². The van der Waals surface area contributed by atoms with Crippen molar-refractivity contribution in [3.8, 4) is 22.6 Å². The molecular weight excluding hydrogens is 430 g/mol. The van der Waals surface area contributed by atoms with Crippen molar-refractivity contribution < 1.29 is 9.47 Å². The van der Waals surface area contributed by atoms with Gasteiger partial charge in [0.15, 0.2) is 0 Å². The SMILES string of the molecule is C=Cc1cc(C)c(-c2c(C)cc(N(c3ccc(OC)cc3)c3ccc(OC)cc3)cc2C)c(C)c1. The summed E-state index contributed by atoms with van der Waals surface area (Å²) in [5.41, 5.74) is 12.0. The third kappa shape index (κ3) is 4.81. The Balaban J connectivity index is 1.87. The highest BCUT2D eigenvalue weighted by atomic mass is 16.5. The molecule has 0 heterocycles. The second-order valence-electron chi connectivity index (χ2n) is 8.92. The average molecular weight is 464 g/mol. The molecule has 3 nitrogen and oxygen atoms in total. The average Bonchev–Trinajstić information content (AvgIpc) is 2.86.